The summed E-state index contributed by atoms with van der Waals surface area (Å²) in [5, 5.41) is 0. The summed E-state index contributed by atoms with van der Waals surface area (Å²) in [6.45, 7) is 2.53. The third kappa shape index (κ3) is 2.44. The molecule has 0 bridgehead atoms. The van der Waals surface area contributed by atoms with Crippen LogP contribution in [0.3, 0.4) is 0 Å². The zero-order valence-electron chi connectivity index (χ0n) is 10.7. The Morgan fingerprint density at radius 1 is 1.15 bits per heavy atom. The number of hydrogen-bond acceptors (Lipinski definition) is 6. The van der Waals surface area contributed by atoms with Crippen LogP contribution in [-0.4, -0.2) is 46.1 Å². The normalized spacial score (nSPS) is 15.4. The van der Waals surface area contributed by atoms with Crippen LogP contribution >= 0.6 is 0 Å². The van der Waals surface area contributed by atoms with Crippen LogP contribution in [0, 0.1) is 5.82 Å². The number of piperazine rings is 1. The van der Waals surface area contributed by atoms with Crippen molar-refractivity contribution in [2.45, 2.75) is 0 Å². The molecule has 20 heavy (non-hydrogen) atoms. The topological polar surface area (TPSA) is 78.0 Å². The first kappa shape index (κ1) is 12.5. The minimum absolute atomic E-state index is 0.181. The van der Waals surface area contributed by atoms with Gasteiger partial charge in [-0.15, -0.1) is 0 Å². The highest BCUT2D eigenvalue weighted by molar-refractivity contribution is 5.44. The summed E-state index contributed by atoms with van der Waals surface area (Å²) >= 11 is 0. The number of H-pyrrole nitrogens is 1. The maximum Gasteiger partial charge on any atom is 0.252 e. The van der Waals surface area contributed by atoms with Crippen molar-refractivity contribution >= 4 is 11.6 Å². The predicted octanol–water partition coefficient (Wildman–Crippen LogP) is 0.0256. The molecule has 0 aromatic carbocycles. The average molecular weight is 276 g/mol. The van der Waals surface area contributed by atoms with E-state index in [-0.39, 0.29) is 5.56 Å². The summed E-state index contributed by atoms with van der Waals surface area (Å²) in [6.07, 6.45) is 3.88. The van der Waals surface area contributed by atoms with Gasteiger partial charge in [0.05, 0.1) is 12.5 Å². The van der Waals surface area contributed by atoms with Gasteiger partial charge in [0, 0.05) is 32.2 Å². The van der Waals surface area contributed by atoms with Gasteiger partial charge in [-0.2, -0.15) is 0 Å². The molecule has 0 unspecified atom stereocenters. The molecular formula is C12H13FN6O. The standard InChI is InChI=1S/C12H13FN6O/c13-9-6-14-7-17-12(9)19-3-1-18(2-4-19)10-5-11(20)16-8-15-10/h5-8H,1-4H2,(H,15,16,20). The first-order valence-corrected chi connectivity index (χ1v) is 6.24. The van der Waals surface area contributed by atoms with Crippen molar-refractivity contribution in [2.24, 2.45) is 0 Å². The number of rotatable bonds is 2. The number of halogens is 1. The van der Waals surface area contributed by atoms with Crippen molar-refractivity contribution in [3.63, 3.8) is 0 Å². The molecule has 0 amide bonds. The number of anilines is 2. The number of nitrogens with zero attached hydrogens (tertiary/aromatic N) is 5. The molecule has 1 fully saturated rings. The molecule has 0 saturated carbocycles. The number of aromatic nitrogens is 4. The fourth-order valence-electron chi connectivity index (χ4n) is 2.22. The van der Waals surface area contributed by atoms with E-state index in [0.29, 0.717) is 37.8 Å². The molecule has 0 atom stereocenters. The van der Waals surface area contributed by atoms with Crippen LogP contribution in [0.1, 0.15) is 0 Å². The summed E-state index contributed by atoms with van der Waals surface area (Å²) in [5.41, 5.74) is -0.181. The van der Waals surface area contributed by atoms with Gasteiger partial charge >= 0.3 is 0 Å². The Kier molecular flexibility index (Phi) is 3.28. The van der Waals surface area contributed by atoms with Crippen LogP contribution < -0.4 is 15.4 Å². The van der Waals surface area contributed by atoms with Crippen LogP contribution in [0.4, 0.5) is 16.0 Å². The van der Waals surface area contributed by atoms with Crippen LogP contribution in [0.5, 0.6) is 0 Å². The van der Waals surface area contributed by atoms with E-state index in [0.717, 1.165) is 6.20 Å². The molecule has 0 aliphatic carbocycles. The SMILES string of the molecule is O=c1cc(N2CCN(c3ncncc3F)CC2)nc[nH]1. The minimum atomic E-state index is -0.421. The van der Waals surface area contributed by atoms with E-state index in [9.17, 15) is 9.18 Å². The molecule has 3 rings (SSSR count). The molecule has 0 radical (unpaired) electrons. The maximum absolute atomic E-state index is 13.6. The molecule has 104 valence electrons. The van der Waals surface area contributed by atoms with Gasteiger partial charge < -0.3 is 14.8 Å². The second-order valence-electron chi connectivity index (χ2n) is 4.44. The van der Waals surface area contributed by atoms with Crippen LogP contribution in [0.15, 0.2) is 29.7 Å². The molecule has 8 heteroatoms. The highest BCUT2D eigenvalue weighted by Crippen LogP contribution is 2.18. The Morgan fingerprint density at radius 3 is 2.60 bits per heavy atom. The Balaban J connectivity index is 1.71. The molecule has 1 aliphatic heterocycles. The van der Waals surface area contributed by atoms with Gasteiger partial charge in [0.2, 0.25) is 0 Å². The van der Waals surface area contributed by atoms with Crippen molar-refractivity contribution in [1.82, 2.24) is 19.9 Å². The van der Waals surface area contributed by atoms with Gasteiger partial charge in [-0.1, -0.05) is 0 Å². The average Bonchev–Trinajstić information content (AvgIpc) is 2.48. The van der Waals surface area contributed by atoms with E-state index in [4.69, 9.17) is 0 Å². The van der Waals surface area contributed by atoms with Gasteiger partial charge in [-0.05, 0) is 0 Å². The lowest BCUT2D eigenvalue weighted by molar-refractivity contribution is 0.581. The second kappa shape index (κ2) is 5.24. The van der Waals surface area contributed by atoms with Gasteiger partial charge in [0.25, 0.3) is 5.56 Å². The summed E-state index contributed by atoms with van der Waals surface area (Å²) in [7, 11) is 0. The maximum atomic E-state index is 13.6. The lowest BCUT2D eigenvalue weighted by Crippen LogP contribution is -2.47. The second-order valence-corrected chi connectivity index (χ2v) is 4.44. The van der Waals surface area contributed by atoms with Gasteiger partial charge in [-0.3, -0.25) is 4.79 Å². The highest BCUT2D eigenvalue weighted by atomic mass is 19.1. The summed E-state index contributed by atoms with van der Waals surface area (Å²) in [5.74, 6) is 0.533. The van der Waals surface area contributed by atoms with E-state index in [2.05, 4.69) is 19.9 Å². The first-order chi connectivity index (χ1) is 9.74. The smallest absolute Gasteiger partial charge is 0.252 e. The van der Waals surface area contributed by atoms with Gasteiger partial charge in [-0.25, -0.2) is 19.3 Å². The lowest BCUT2D eigenvalue weighted by atomic mass is 10.3. The summed E-state index contributed by atoms with van der Waals surface area (Å²) in [6, 6.07) is 1.46. The molecule has 3 heterocycles. The first-order valence-electron chi connectivity index (χ1n) is 6.24. The van der Waals surface area contributed by atoms with Crippen LogP contribution in [0.25, 0.3) is 0 Å². The molecular weight excluding hydrogens is 263 g/mol. The Hall–Kier alpha value is -2.51. The van der Waals surface area contributed by atoms with E-state index < -0.39 is 5.82 Å². The van der Waals surface area contributed by atoms with Crippen molar-refractivity contribution in [1.29, 1.82) is 0 Å². The molecule has 2 aromatic rings. The zero-order valence-corrected chi connectivity index (χ0v) is 10.7. The lowest BCUT2D eigenvalue weighted by Gasteiger charge is -2.35. The summed E-state index contributed by atoms with van der Waals surface area (Å²) < 4.78 is 13.6. The minimum Gasteiger partial charge on any atom is -0.353 e. The van der Waals surface area contributed by atoms with Crippen molar-refractivity contribution in [3.05, 3.63) is 41.1 Å². The van der Waals surface area contributed by atoms with Crippen molar-refractivity contribution in [2.75, 3.05) is 36.0 Å². The number of hydrogen-bond donors (Lipinski definition) is 1. The fraction of sp³-hybridized carbons (Fsp3) is 0.333. The number of aromatic amines is 1. The quantitative estimate of drug-likeness (QED) is 0.833. The third-order valence-corrected chi connectivity index (χ3v) is 3.22. The molecule has 1 aliphatic rings. The van der Waals surface area contributed by atoms with E-state index in [1.54, 1.807) is 0 Å². The van der Waals surface area contributed by atoms with Gasteiger partial charge in [0.15, 0.2) is 11.6 Å². The summed E-state index contributed by atoms with van der Waals surface area (Å²) in [4.78, 5) is 29.3. The molecule has 1 N–H and O–H groups in total. The molecule has 2 aromatic heterocycles. The van der Waals surface area contributed by atoms with Crippen LogP contribution in [-0.2, 0) is 0 Å². The fourth-order valence-corrected chi connectivity index (χ4v) is 2.22. The van der Waals surface area contributed by atoms with E-state index in [1.807, 2.05) is 9.80 Å². The monoisotopic (exact) mass is 276 g/mol. The van der Waals surface area contributed by atoms with Crippen molar-refractivity contribution < 1.29 is 4.39 Å². The van der Waals surface area contributed by atoms with Crippen LogP contribution in [0.2, 0.25) is 0 Å². The van der Waals surface area contributed by atoms with E-state index >= 15 is 0 Å². The molecule has 0 spiro atoms. The molecule has 1 saturated heterocycles. The predicted molar refractivity (Wildman–Crippen MR) is 71.3 cm³/mol. The van der Waals surface area contributed by atoms with Crippen molar-refractivity contribution in [3.8, 4) is 0 Å². The largest absolute Gasteiger partial charge is 0.353 e. The third-order valence-electron chi connectivity index (χ3n) is 3.22. The zero-order chi connectivity index (χ0) is 13.9. The van der Waals surface area contributed by atoms with E-state index in [1.165, 1.54) is 18.7 Å². The Bertz CT molecular complexity index is 652. The Morgan fingerprint density at radius 2 is 1.90 bits per heavy atom. The highest BCUT2D eigenvalue weighted by Gasteiger charge is 2.21. The Labute approximate surface area is 114 Å². The number of nitrogens with one attached hydrogen (secondary N) is 1. The molecule has 7 nitrogen and oxygen atoms in total. The van der Waals surface area contributed by atoms with Gasteiger partial charge in [0.1, 0.15) is 12.1 Å².